The monoisotopic (exact) mass is 390 g/mol. The van der Waals surface area contributed by atoms with Crippen LogP contribution >= 0.6 is 0 Å². The fraction of sp³-hybridized carbons (Fsp3) is 0.625. The van der Waals surface area contributed by atoms with Gasteiger partial charge in [-0.2, -0.15) is 0 Å². The molecule has 0 spiro atoms. The number of ketones is 1. The van der Waals surface area contributed by atoms with E-state index in [-0.39, 0.29) is 29.1 Å². The summed E-state index contributed by atoms with van der Waals surface area (Å²) in [4.78, 5) is 39.5. The van der Waals surface area contributed by atoms with Crippen LogP contribution in [0.1, 0.15) is 48.8 Å². The van der Waals surface area contributed by atoms with Gasteiger partial charge in [0.15, 0.2) is 0 Å². The molecule has 5 unspecified atom stereocenters. The van der Waals surface area contributed by atoms with Crippen molar-refractivity contribution in [1.82, 2.24) is 10.2 Å². The molecular weight excluding hydrogens is 364 g/mol. The molecule has 6 saturated carbocycles. The van der Waals surface area contributed by atoms with Crippen LogP contribution < -0.4 is 5.32 Å². The average molecular weight is 390 g/mol. The molecular formula is C24H26N2O3. The van der Waals surface area contributed by atoms with E-state index in [4.69, 9.17) is 0 Å². The SMILES string of the molecule is O=C1CCC2C1C2C(=O)N1Cc2ccc(CNC(=O)C34CC5CC3C4C5)cc2C1. The zero-order valence-corrected chi connectivity index (χ0v) is 16.5. The summed E-state index contributed by atoms with van der Waals surface area (Å²) < 4.78 is 0. The summed E-state index contributed by atoms with van der Waals surface area (Å²) in [6.07, 6.45) is 5.22. The van der Waals surface area contributed by atoms with Gasteiger partial charge in [0.1, 0.15) is 5.78 Å². The summed E-state index contributed by atoms with van der Waals surface area (Å²) >= 11 is 0. The zero-order valence-electron chi connectivity index (χ0n) is 16.5. The molecule has 29 heavy (non-hydrogen) atoms. The number of carbonyl (C=O) groups is 3. The summed E-state index contributed by atoms with van der Waals surface area (Å²) in [5.41, 5.74) is 3.49. The van der Waals surface area contributed by atoms with Gasteiger partial charge in [-0.3, -0.25) is 14.4 Å². The Bertz CT molecular complexity index is 972. The Morgan fingerprint density at radius 3 is 2.62 bits per heavy atom. The highest BCUT2D eigenvalue weighted by Crippen LogP contribution is 2.79. The number of hydrogen-bond acceptors (Lipinski definition) is 3. The van der Waals surface area contributed by atoms with Crippen molar-refractivity contribution in [2.75, 3.05) is 0 Å². The molecule has 0 saturated heterocycles. The summed E-state index contributed by atoms with van der Waals surface area (Å²) in [6, 6.07) is 6.34. The smallest absolute Gasteiger partial charge is 0.227 e. The van der Waals surface area contributed by atoms with Crippen LogP contribution in [0, 0.1) is 40.9 Å². The summed E-state index contributed by atoms with van der Waals surface area (Å²) in [6.45, 7) is 1.86. The van der Waals surface area contributed by atoms with Gasteiger partial charge in [0.05, 0.1) is 11.3 Å². The minimum absolute atomic E-state index is 0.00955. The van der Waals surface area contributed by atoms with Crippen LogP contribution in [0.2, 0.25) is 0 Å². The van der Waals surface area contributed by atoms with Gasteiger partial charge in [-0.05, 0) is 66.0 Å². The lowest BCUT2D eigenvalue weighted by Gasteiger charge is -2.16. The summed E-state index contributed by atoms with van der Waals surface area (Å²) in [5, 5.41) is 3.21. The second kappa shape index (κ2) is 5.30. The molecule has 1 aliphatic heterocycles. The molecule has 5 heteroatoms. The van der Waals surface area contributed by atoms with Crippen molar-refractivity contribution < 1.29 is 14.4 Å². The Labute approximate surface area is 170 Å². The minimum atomic E-state index is -0.0484. The first-order valence-electron chi connectivity index (χ1n) is 11.3. The third kappa shape index (κ3) is 2.09. The topological polar surface area (TPSA) is 66.5 Å². The molecule has 1 N–H and O–H groups in total. The Kier molecular flexibility index (Phi) is 3.03. The first-order valence-corrected chi connectivity index (χ1v) is 11.3. The number of nitrogens with one attached hydrogen (secondary N) is 1. The van der Waals surface area contributed by atoms with E-state index >= 15 is 0 Å². The normalized spacial score (nSPS) is 42.1. The van der Waals surface area contributed by atoms with E-state index in [1.54, 1.807) is 0 Å². The van der Waals surface area contributed by atoms with Crippen LogP contribution in [0.5, 0.6) is 0 Å². The highest BCUT2D eigenvalue weighted by molar-refractivity contribution is 5.96. The quantitative estimate of drug-likeness (QED) is 0.859. The molecule has 5 nitrogen and oxygen atoms in total. The maximum atomic E-state index is 12.9. The number of nitrogens with zero attached hydrogens (tertiary/aromatic N) is 1. The predicted octanol–water partition coefficient (Wildman–Crippen LogP) is 2.42. The van der Waals surface area contributed by atoms with Crippen molar-refractivity contribution in [3.63, 3.8) is 0 Å². The lowest BCUT2D eigenvalue weighted by molar-refractivity contribution is -0.135. The maximum absolute atomic E-state index is 12.9. The minimum Gasteiger partial charge on any atom is -0.352 e. The van der Waals surface area contributed by atoms with Gasteiger partial charge in [0, 0.05) is 32.0 Å². The lowest BCUT2D eigenvalue weighted by Crippen LogP contribution is -2.32. The Balaban J connectivity index is 1.00. The number of fused-ring (bicyclic) bond motifs is 2. The molecule has 4 bridgehead atoms. The number of hydrogen-bond donors (Lipinski definition) is 1. The van der Waals surface area contributed by atoms with Crippen LogP contribution in [0.4, 0.5) is 0 Å². The fourth-order valence-electron chi connectivity index (χ4n) is 7.80. The van der Waals surface area contributed by atoms with Gasteiger partial charge in [0.25, 0.3) is 0 Å². The molecule has 5 atom stereocenters. The molecule has 150 valence electrons. The van der Waals surface area contributed by atoms with Gasteiger partial charge in [-0.15, -0.1) is 0 Å². The van der Waals surface area contributed by atoms with Crippen molar-refractivity contribution in [2.45, 2.75) is 51.7 Å². The van der Waals surface area contributed by atoms with E-state index in [1.807, 2.05) is 4.90 Å². The van der Waals surface area contributed by atoms with Gasteiger partial charge in [0.2, 0.25) is 11.8 Å². The number of benzene rings is 1. The zero-order chi connectivity index (χ0) is 19.5. The molecule has 1 aromatic carbocycles. The molecule has 6 fully saturated rings. The largest absolute Gasteiger partial charge is 0.352 e. The Morgan fingerprint density at radius 1 is 1.14 bits per heavy atom. The second-order valence-electron chi connectivity index (χ2n) is 10.5. The maximum Gasteiger partial charge on any atom is 0.227 e. The van der Waals surface area contributed by atoms with Crippen molar-refractivity contribution in [1.29, 1.82) is 0 Å². The van der Waals surface area contributed by atoms with E-state index in [0.29, 0.717) is 49.6 Å². The molecule has 7 aliphatic rings. The molecule has 8 rings (SSSR count). The van der Waals surface area contributed by atoms with Gasteiger partial charge in [-0.25, -0.2) is 0 Å². The second-order valence-corrected chi connectivity index (χ2v) is 10.5. The van der Waals surface area contributed by atoms with Crippen molar-refractivity contribution in [2.24, 2.45) is 40.9 Å². The third-order valence-electron chi connectivity index (χ3n) is 9.23. The Morgan fingerprint density at radius 2 is 1.93 bits per heavy atom. The number of carbonyl (C=O) groups excluding carboxylic acids is 3. The molecule has 1 aromatic rings. The first-order chi connectivity index (χ1) is 14.1. The van der Waals surface area contributed by atoms with Crippen molar-refractivity contribution in [3.05, 3.63) is 34.9 Å². The lowest BCUT2D eigenvalue weighted by atomic mass is 10.0. The fourth-order valence-corrected chi connectivity index (χ4v) is 7.80. The van der Waals surface area contributed by atoms with E-state index in [0.717, 1.165) is 24.3 Å². The van der Waals surface area contributed by atoms with Crippen LogP contribution in [0.25, 0.3) is 0 Å². The molecule has 6 aliphatic carbocycles. The van der Waals surface area contributed by atoms with Crippen LogP contribution in [-0.4, -0.2) is 22.5 Å². The number of amides is 2. The van der Waals surface area contributed by atoms with E-state index in [2.05, 4.69) is 23.5 Å². The van der Waals surface area contributed by atoms with Crippen LogP contribution in [0.3, 0.4) is 0 Å². The van der Waals surface area contributed by atoms with Crippen LogP contribution in [-0.2, 0) is 34.0 Å². The predicted molar refractivity (Wildman–Crippen MR) is 104 cm³/mol. The number of rotatable bonds is 4. The molecule has 0 aromatic heterocycles. The van der Waals surface area contributed by atoms with Crippen LogP contribution in [0.15, 0.2) is 18.2 Å². The van der Waals surface area contributed by atoms with Gasteiger partial charge in [-0.1, -0.05) is 18.2 Å². The van der Waals surface area contributed by atoms with E-state index < -0.39 is 0 Å². The third-order valence-corrected chi connectivity index (χ3v) is 9.23. The standard InChI is InChI=1S/C24H26N2O3/c27-19-4-3-16-20(19)21(16)22(28)26-10-14-2-1-12(5-15(14)11-26)9-25-23(29)24-8-13-6-17(24)18(24)7-13/h1-2,5,13,16-18,20-21H,3-4,6-11H2,(H,25,29). The van der Waals surface area contributed by atoms with Crippen molar-refractivity contribution in [3.8, 4) is 0 Å². The van der Waals surface area contributed by atoms with Crippen molar-refractivity contribution >= 4 is 17.6 Å². The van der Waals surface area contributed by atoms with E-state index in [9.17, 15) is 14.4 Å². The van der Waals surface area contributed by atoms with Gasteiger partial charge >= 0.3 is 0 Å². The van der Waals surface area contributed by atoms with Gasteiger partial charge < -0.3 is 10.2 Å². The molecule has 2 amide bonds. The first kappa shape index (κ1) is 16.6. The number of Topliss-reactive ketones (excluding diaryl/α,β-unsaturated/α-hetero) is 1. The molecule has 1 heterocycles. The average Bonchev–Trinajstić information content (AvgIpc) is 3.19. The summed E-state index contributed by atoms with van der Waals surface area (Å²) in [5.74, 6) is 3.16. The highest BCUT2D eigenvalue weighted by atomic mass is 16.2. The Hall–Kier alpha value is -2.17. The highest BCUT2D eigenvalue weighted by Gasteiger charge is 2.77. The summed E-state index contributed by atoms with van der Waals surface area (Å²) in [7, 11) is 0. The molecule has 0 radical (unpaired) electrons. The van der Waals surface area contributed by atoms with E-state index in [1.165, 1.54) is 24.0 Å².